The number of hydrogen-bond donors (Lipinski definition) is 1. The molecule has 3 rings (SSSR count). The quantitative estimate of drug-likeness (QED) is 0.336. The van der Waals surface area contributed by atoms with Crippen molar-refractivity contribution in [1.29, 1.82) is 0 Å². The Balaban J connectivity index is 2.07. The summed E-state index contributed by atoms with van der Waals surface area (Å²) in [6.07, 6.45) is 0.260. The van der Waals surface area contributed by atoms with Crippen molar-refractivity contribution in [1.82, 2.24) is 0 Å². The Labute approximate surface area is 211 Å². The first-order chi connectivity index (χ1) is 16.7. The van der Waals surface area contributed by atoms with Crippen molar-refractivity contribution in [3.05, 3.63) is 65.4 Å². The highest BCUT2D eigenvalue weighted by atomic mass is 16.7. The van der Waals surface area contributed by atoms with Crippen LogP contribution in [0.5, 0.6) is 0 Å². The SMILES string of the molecule is CC/C(OC(=O)C(C)(C)C)=C1/C(=O)N(OC(=O)C(C)(C)C)c2cc(NC(=O)c3ccccc3)ccc21. The number of hydrogen-bond acceptors (Lipinski definition) is 6. The van der Waals surface area contributed by atoms with E-state index in [1.165, 1.54) is 0 Å². The predicted molar refractivity (Wildman–Crippen MR) is 137 cm³/mol. The number of anilines is 2. The second-order valence-electron chi connectivity index (χ2n) is 10.6. The van der Waals surface area contributed by atoms with Crippen LogP contribution in [0.15, 0.2) is 54.3 Å². The Kier molecular flexibility index (Phi) is 7.38. The normalized spacial score (nSPS) is 14.8. The second-order valence-corrected chi connectivity index (χ2v) is 10.6. The number of esters is 1. The van der Waals surface area contributed by atoms with Crippen LogP contribution in [-0.4, -0.2) is 23.8 Å². The summed E-state index contributed by atoms with van der Waals surface area (Å²) in [6.45, 7) is 11.9. The summed E-state index contributed by atoms with van der Waals surface area (Å²) in [5, 5.41) is 3.70. The zero-order valence-corrected chi connectivity index (χ0v) is 21.7. The predicted octanol–water partition coefficient (Wildman–Crippen LogP) is 5.50. The lowest BCUT2D eigenvalue weighted by atomic mass is 9.97. The molecule has 190 valence electrons. The molecule has 1 N–H and O–H groups in total. The summed E-state index contributed by atoms with van der Waals surface area (Å²) in [6, 6.07) is 13.5. The number of allylic oxidation sites excluding steroid dienone is 1. The molecule has 1 heterocycles. The van der Waals surface area contributed by atoms with Gasteiger partial charge in [0.15, 0.2) is 0 Å². The summed E-state index contributed by atoms with van der Waals surface area (Å²) in [5.74, 6) is -1.89. The van der Waals surface area contributed by atoms with E-state index in [2.05, 4.69) is 5.32 Å². The summed E-state index contributed by atoms with van der Waals surface area (Å²) >= 11 is 0. The van der Waals surface area contributed by atoms with Crippen molar-refractivity contribution < 1.29 is 28.8 Å². The molecule has 1 aliphatic heterocycles. The molecule has 0 atom stereocenters. The lowest BCUT2D eigenvalue weighted by Gasteiger charge is -2.22. The van der Waals surface area contributed by atoms with E-state index in [1.807, 2.05) is 6.07 Å². The number of rotatable bonds is 5. The van der Waals surface area contributed by atoms with Crippen LogP contribution in [0.4, 0.5) is 11.4 Å². The number of ether oxygens (including phenoxy) is 1. The molecule has 1 aliphatic rings. The molecule has 0 unspecified atom stereocenters. The molecule has 0 saturated carbocycles. The molecule has 36 heavy (non-hydrogen) atoms. The number of nitrogens with zero attached hydrogens (tertiary/aromatic N) is 1. The van der Waals surface area contributed by atoms with Crippen LogP contribution in [0.3, 0.4) is 0 Å². The summed E-state index contributed by atoms with van der Waals surface area (Å²) in [4.78, 5) is 57.0. The van der Waals surface area contributed by atoms with Crippen LogP contribution in [-0.2, 0) is 24.0 Å². The highest BCUT2D eigenvalue weighted by molar-refractivity contribution is 6.33. The molecule has 2 aromatic rings. The van der Waals surface area contributed by atoms with Gasteiger partial charge < -0.3 is 14.9 Å². The number of nitrogens with one attached hydrogen (secondary N) is 1. The van der Waals surface area contributed by atoms with Crippen LogP contribution >= 0.6 is 0 Å². The summed E-state index contributed by atoms with van der Waals surface area (Å²) < 4.78 is 5.63. The van der Waals surface area contributed by atoms with E-state index in [4.69, 9.17) is 9.57 Å². The van der Waals surface area contributed by atoms with Crippen LogP contribution in [0.1, 0.15) is 70.8 Å². The van der Waals surface area contributed by atoms with Crippen LogP contribution < -0.4 is 10.4 Å². The number of amides is 2. The number of carbonyl (C=O) groups excluding carboxylic acids is 4. The van der Waals surface area contributed by atoms with E-state index in [9.17, 15) is 19.2 Å². The van der Waals surface area contributed by atoms with Gasteiger partial charge in [-0.25, -0.2) is 4.79 Å². The monoisotopic (exact) mass is 492 g/mol. The standard InChI is InChI=1S/C28H32N2O6/c1-8-21(35-25(33)27(2,3)4)22-19-15-14-18(29-23(31)17-12-10-9-11-13-17)16-20(19)30(24(22)32)36-26(34)28(5,6)7/h9-16H,8H2,1-7H3,(H,29,31)/b22-21-. The van der Waals surface area contributed by atoms with Crippen molar-refractivity contribution in [2.75, 3.05) is 10.4 Å². The molecule has 2 amide bonds. The molecular formula is C28H32N2O6. The molecule has 2 aromatic carbocycles. The Morgan fingerprint density at radius 1 is 0.889 bits per heavy atom. The molecule has 0 saturated heterocycles. The van der Waals surface area contributed by atoms with Crippen molar-refractivity contribution in [3.8, 4) is 0 Å². The van der Waals surface area contributed by atoms with Gasteiger partial charge in [-0.15, -0.1) is 5.06 Å². The maximum Gasteiger partial charge on any atom is 0.338 e. The lowest BCUT2D eigenvalue weighted by molar-refractivity contribution is -0.157. The van der Waals surface area contributed by atoms with Gasteiger partial charge in [0.05, 0.1) is 22.1 Å². The summed E-state index contributed by atoms with van der Waals surface area (Å²) in [7, 11) is 0. The minimum absolute atomic E-state index is 0.132. The van der Waals surface area contributed by atoms with E-state index in [-0.39, 0.29) is 29.3 Å². The first-order valence-electron chi connectivity index (χ1n) is 11.8. The van der Waals surface area contributed by atoms with E-state index >= 15 is 0 Å². The van der Waals surface area contributed by atoms with Gasteiger partial charge in [0.1, 0.15) is 5.76 Å². The average Bonchev–Trinajstić information content (AvgIpc) is 3.07. The van der Waals surface area contributed by atoms with Gasteiger partial charge in [0.2, 0.25) is 0 Å². The summed E-state index contributed by atoms with van der Waals surface area (Å²) in [5.41, 5.74) is 0.0292. The molecule has 0 bridgehead atoms. The molecule has 0 fully saturated rings. The van der Waals surface area contributed by atoms with E-state index in [0.717, 1.165) is 5.06 Å². The largest absolute Gasteiger partial charge is 0.430 e. The lowest BCUT2D eigenvalue weighted by Crippen LogP contribution is -2.35. The van der Waals surface area contributed by atoms with Crippen molar-refractivity contribution in [2.24, 2.45) is 10.8 Å². The van der Waals surface area contributed by atoms with Gasteiger partial charge in [-0.1, -0.05) is 25.1 Å². The fourth-order valence-electron chi connectivity index (χ4n) is 3.25. The third kappa shape index (κ3) is 5.64. The van der Waals surface area contributed by atoms with Crippen LogP contribution in [0.25, 0.3) is 5.57 Å². The van der Waals surface area contributed by atoms with Crippen LogP contribution in [0.2, 0.25) is 0 Å². The topological polar surface area (TPSA) is 102 Å². The van der Waals surface area contributed by atoms with Gasteiger partial charge in [-0.3, -0.25) is 14.4 Å². The fourth-order valence-corrected chi connectivity index (χ4v) is 3.25. The number of hydroxylamine groups is 1. The van der Waals surface area contributed by atoms with Gasteiger partial charge in [-0.05, 0) is 71.9 Å². The van der Waals surface area contributed by atoms with E-state index < -0.39 is 28.7 Å². The Morgan fingerprint density at radius 2 is 1.50 bits per heavy atom. The molecule has 0 radical (unpaired) electrons. The highest BCUT2D eigenvalue weighted by Gasteiger charge is 2.41. The van der Waals surface area contributed by atoms with E-state index in [0.29, 0.717) is 16.8 Å². The maximum atomic E-state index is 13.5. The number of carbonyl (C=O) groups is 4. The van der Waals surface area contributed by atoms with Gasteiger partial charge in [-0.2, -0.15) is 0 Å². The van der Waals surface area contributed by atoms with Gasteiger partial charge in [0.25, 0.3) is 11.8 Å². The number of benzene rings is 2. The third-order valence-electron chi connectivity index (χ3n) is 5.39. The molecule has 0 aromatic heterocycles. The number of fused-ring (bicyclic) bond motifs is 1. The third-order valence-corrected chi connectivity index (χ3v) is 5.39. The van der Waals surface area contributed by atoms with Crippen molar-refractivity contribution >= 4 is 40.7 Å². The van der Waals surface area contributed by atoms with Crippen molar-refractivity contribution in [2.45, 2.75) is 54.9 Å². The second kappa shape index (κ2) is 9.97. The van der Waals surface area contributed by atoms with Crippen molar-refractivity contribution in [3.63, 3.8) is 0 Å². The first kappa shape index (κ1) is 26.7. The molecular weight excluding hydrogens is 460 g/mol. The maximum absolute atomic E-state index is 13.5. The van der Waals surface area contributed by atoms with Gasteiger partial charge >= 0.3 is 11.9 Å². The molecule has 0 aliphatic carbocycles. The minimum Gasteiger partial charge on any atom is -0.430 e. The minimum atomic E-state index is -0.877. The fraction of sp³-hybridized carbons (Fsp3) is 0.357. The van der Waals surface area contributed by atoms with Gasteiger partial charge in [0, 0.05) is 23.2 Å². The zero-order valence-electron chi connectivity index (χ0n) is 21.7. The Bertz CT molecular complexity index is 1230. The highest BCUT2D eigenvalue weighted by Crippen LogP contribution is 2.42. The van der Waals surface area contributed by atoms with E-state index in [1.54, 1.807) is 90.9 Å². The Morgan fingerprint density at radius 3 is 2.06 bits per heavy atom. The zero-order chi connectivity index (χ0) is 26.8. The molecule has 8 nitrogen and oxygen atoms in total. The van der Waals surface area contributed by atoms with Crippen LogP contribution in [0, 0.1) is 10.8 Å². The molecule has 0 spiro atoms. The first-order valence-corrected chi connectivity index (χ1v) is 11.8. The molecule has 8 heteroatoms. The average molecular weight is 493 g/mol. The smallest absolute Gasteiger partial charge is 0.338 e. The Hall–Kier alpha value is -3.94.